The van der Waals surface area contributed by atoms with Gasteiger partial charge in [0.15, 0.2) is 0 Å². The van der Waals surface area contributed by atoms with Crippen molar-refractivity contribution < 1.29 is 24.5 Å². The molecule has 36 heavy (non-hydrogen) atoms. The van der Waals surface area contributed by atoms with Gasteiger partial charge in [-0.2, -0.15) is 5.10 Å². The van der Waals surface area contributed by atoms with Gasteiger partial charge in [-0.25, -0.2) is 9.07 Å². The Kier molecular flexibility index (Phi) is 8.46. The first-order valence-corrected chi connectivity index (χ1v) is 12.3. The van der Waals surface area contributed by atoms with Crippen LogP contribution in [0.1, 0.15) is 60.5 Å². The Bertz CT molecular complexity index is 1220. The molecule has 0 aliphatic heterocycles. The predicted molar refractivity (Wildman–Crippen MR) is 137 cm³/mol. The summed E-state index contributed by atoms with van der Waals surface area (Å²) < 4.78 is 15.4. The number of allylic oxidation sites excluding steroid dienone is 1. The fraction of sp³-hybridized carbons (Fsp3) is 0.310. The van der Waals surface area contributed by atoms with Crippen LogP contribution in [0.5, 0.6) is 0 Å². The molecule has 0 spiro atoms. The Labute approximate surface area is 210 Å². The molecule has 0 saturated heterocycles. The smallest absolute Gasteiger partial charge is 0.305 e. The van der Waals surface area contributed by atoms with E-state index in [0.29, 0.717) is 5.69 Å². The van der Waals surface area contributed by atoms with Crippen LogP contribution in [-0.4, -0.2) is 43.3 Å². The fourth-order valence-corrected chi connectivity index (χ4v) is 4.68. The van der Waals surface area contributed by atoms with Crippen LogP contribution < -0.4 is 0 Å². The number of aliphatic hydroxyl groups excluding tert-OH is 2. The first-order valence-electron chi connectivity index (χ1n) is 12.3. The molecule has 1 aliphatic rings. The van der Waals surface area contributed by atoms with E-state index in [2.05, 4.69) is 24.3 Å². The zero-order chi connectivity index (χ0) is 25.5. The van der Waals surface area contributed by atoms with Gasteiger partial charge in [0.2, 0.25) is 0 Å². The molecule has 0 fully saturated rings. The second kappa shape index (κ2) is 11.9. The molecule has 1 aromatic heterocycles. The molecule has 0 bridgehead atoms. The summed E-state index contributed by atoms with van der Waals surface area (Å²) in [6.45, 7) is 0. The molecule has 1 unspecified atom stereocenters. The van der Waals surface area contributed by atoms with Gasteiger partial charge < -0.3 is 15.3 Å². The number of fused-ring (bicyclic) bond motifs is 1. The normalized spacial score (nSPS) is 17.4. The minimum absolute atomic E-state index is 0.0808. The summed E-state index contributed by atoms with van der Waals surface area (Å²) in [6.07, 6.45) is 8.67. The van der Waals surface area contributed by atoms with Crippen molar-refractivity contribution >= 4 is 18.1 Å². The summed E-state index contributed by atoms with van der Waals surface area (Å²) in [6, 6.07) is 16.3. The summed E-state index contributed by atoms with van der Waals surface area (Å²) >= 11 is 0. The molecule has 4 rings (SSSR count). The highest BCUT2D eigenvalue weighted by atomic mass is 19.1. The van der Waals surface area contributed by atoms with Crippen LogP contribution in [0.15, 0.2) is 66.7 Å². The maximum Gasteiger partial charge on any atom is 0.305 e. The summed E-state index contributed by atoms with van der Waals surface area (Å²) in [5.41, 5.74) is 4.76. The molecule has 0 radical (unpaired) electrons. The molecule has 3 N–H and O–H groups in total. The van der Waals surface area contributed by atoms with Crippen molar-refractivity contribution in [1.82, 2.24) is 9.78 Å². The molecule has 188 valence electrons. The maximum absolute atomic E-state index is 13.6. The quantitative estimate of drug-likeness (QED) is 0.366. The third-order valence-corrected chi connectivity index (χ3v) is 6.42. The van der Waals surface area contributed by atoms with Gasteiger partial charge in [-0.1, -0.05) is 48.6 Å². The zero-order valence-electron chi connectivity index (χ0n) is 20.0. The van der Waals surface area contributed by atoms with E-state index in [9.17, 15) is 19.4 Å². The number of nitrogens with zero attached hydrogens (tertiary/aromatic N) is 2. The summed E-state index contributed by atoms with van der Waals surface area (Å²) in [4.78, 5) is 10.8. The molecule has 0 saturated carbocycles. The highest BCUT2D eigenvalue weighted by molar-refractivity contribution is 5.67. The number of hydrogen-bond acceptors (Lipinski definition) is 4. The van der Waals surface area contributed by atoms with E-state index in [1.165, 1.54) is 12.1 Å². The standard InChI is InChI=1S/C29H31FN2O4/c30-22-12-14-23(15-13-22)32-27(17-16-24(33)18-25(34)19-28(35)36)26-11-5-10-21(29(26)31-32)9-4-8-20-6-2-1-3-7-20/h1-4,6-8,12-17,21,24-25,33-34H,5,9-11,18-19H2,(H,35,36)/b8-4+,17-16+/t21?,24-,25-/m0/s1. The fourth-order valence-electron chi connectivity index (χ4n) is 4.68. The number of benzene rings is 2. The van der Waals surface area contributed by atoms with Crippen molar-refractivity contribution in [1.29, 1.82) is 0 Å². The minimum Gasteiger partial charge on any atom is -0.481 e. The molecule has 6 nitrogen and oxygen atoms in total. The summed E-state index contributed by atoms with van der Waals surface area (Å²) in [5.74, 6) is -1.21. The topological polar surface area (TPSA) is 95.6 Å². The zero-order valence-corrected chi connectivity index (χ0v) is 20.0. The van der Waals surface area contributed by atoms with Gasteiger partial charge in [-0.05, 0) is 61.6 Å². The number of carbonyl (C=O) groups is 1. The van der Waals surface area contributed by atoms with Crippen LogP contribution in [0.4, 0.5) is 4.39 Å². The van der Waals surface area contributed by atoms with E-state index < -0.39 is 24.6 Å². The van der Waals surface area contributed by atoms with Crippen LogP contribution in [0, 0.1) is 5.82 Å². The van der Waals surface area contributed by atoms with E-state index in [-0.39, 0.29) is 18.2 Å². The van der Waals surface area contributed by atoms with E-state index in [0.717, 1.165) is 48.2 Å². The lowest BCUT2D eigenvalue weighted by atomic mass is 9.84. The largest absolute Gasteiger partial charge is 0.481 e. The third-order valence-electron chi connectivity index (χ3n) is 6.42. The van der Waals surface area contributed by atoms with Crippen LogP contribution in [0.25, 0.3) is 17.8 Å². The highest BCUT2D eigenvalue weighted by Crippen LogP contribution is 2.37. The number of aliphatic hydroxyl groups is 2. The Morgan fingerprint density at radius 1 is 1.11 bits per heavy atom. The SMILES string of the molecule is O=C(O)C[C@@H](O)C[C@@H](O)/C=C/c1c2c(nn1-c1ccc(F)cc1)C(C/C=C/c1ccccc1)CCC2. The molecule has 7 heteroatoms. The number of hydrogen-bond donors (Lipinski definition) is 3. The molecular formula is C29H31FN2O4. The first kappa shape index (κ1) is 25.5. The number of carboxylic acid groups (broad SMARTS) is 1. The molecule has 3 aromatic rings. The van der Waals surface area contributed by atoms with Crippen molar-refractivity contribution in [3.8, 4) is 5.69 Å². The van der Waals surface area contributed by atoms with Gasteiger partial charge in [-0.3, -0.25) is 4.79 Å². The van der Waals surface area contributed by atoms with E-state index >= 15 is 0 Å². The molecule has 1 heterocycles. The molecule has 0 amide bonds. The molecule has 3 atom stereocenters. The number of aromatic nitrogens is 2. The highest BCUT2D eigenvalue weighted by Gasteiger charge is 2.27. The van der Waals surface area contributed by atoms with Crippen LogP contribution in [-0.2, 0) is 11.2 Å². The lowest BCUT2D eigenvalue weighted by molar-refractivity contribution is -0.139. The van der Waals surface area contributed by atoms with Crippen molar-refractivity contribution in [2.45, 2.75) is 56.7 Å². The Hall–Kier alpha value is -3.55. The summed E-state index contributed by atoms with van der Waals surface area (Å²) in [7, 11) is 0. The van der Waals surface area contributed by atoms with Gasteiger partial charge in [0.1, 0.15) is 5.82 Å². The van der Waals surface area contributed by atoms with Crippen LogP contribution in [0.3, 0.4) is 0 Å². The molecular weight excluding hydrogens is 459 g/mol. The van der Waals surface area contributed by atoms with Crippen LogP contribution in [0.2, 0.25) is 0 Å². The van der Waals surface area contributed by atoms with Gasteiger partial charge in [0.25, 0.3) is 0 Å². The van der Waals surface area contributed by atoms with Crippen molar-refractivity contribution in [2.24, 2.45) is 0 Å². The van der Waals surface area contributed by atoms with E-state index in [1.54, 1.807) is 29.0 Å². The lowest BCUT2D eigenvalue weighted by Gasteiger charge is -2.20. The molecule has 2 aromatic carbocycles. The van der Waals surface area contributed by atoms with Gasteiger partial charge in [-0.15, -0.1) is 0 Å². The van der Waals surface area contributed by atoms with E-state index in [1.807, 2.05) is 18.2 Å². The number of carboxylic acids is 1. The third kappa shape index (κ3) is 6.56. The first-order chi connectivity index (χ1) is 17.4. The van der Waals surface area contributed by atoms with Crippen molar-refractivity contribution in [3.63, 3.8) is 0 Å². The number of halogens is 1. The van der Waals surface area contributed by atoms with Gasteiger partial charge in [0, 0.05) is 17.9 Å². The second-order valence-corrected chi connectivity index (χ2v) is 9.19. The Morgan fingerprint density at radius 2 is 1.86 bits per heavy atom. The average molecular weight is 491 g/mol. The minimum atomic E-state index is -1.14. The van der Waals surface area contributed by atoms with E-state index in [4.69, 9.17) is 10.2 Å². The van der Waals surface area contributed by atoms with Crippen LogP contribution >= 0.6 is 0 Å². The Morgan fingerprint density at radius 3 is 2.58 bits per heavy atom. The number of rotatable bonds is 10. The van der Waals surface area contributed by atoms with Gasteiger partial charge >= 0.3 is 5.97 Å². The van der Waals surface area contributed by atoms with Gasteiger partial charge in [0.05, 0.1) is 35.7 Å². The monoisotopic (exact) mass is 490 g/mol. The maximum atomic E-state index is 13.6. The second-order valence-electron chi connectivity index (χ2n) is 9.19. The predicted octanol–water partition coefficient (Wildman–Crippen LogP) is 5.13. The van der Waals surface area contributed by atoms with Crippen molar-refractivity contribution in [3.05, 3.63) is 95.1 Å². The Balaban J connectivity index is 1.61. The lowest BCUT2D eigenvalue weighted by Crippen LogP contribution is -2.19. The average Bonchev–Trinajstić information content (AvgIpc) is 3.22. The number of aliphatic carboxylic acids is 1. The summed E-state index contributed by atoms with van der Waals surface area (Å²) in [5, 5.41) is 34.0. The molecule has 1 aliphatic carbocycles. The van der Waals surface area contributed by atoms with Crippen molar-refractivity contribution in [2.75, 3.05) is 0 Å².